The quantitative estimate of drug-likeness (QED) is 0.859. The molecule has 2 rings (SSSR count). The maximum atomic E-state index is 3.34. The number of nitrogens with one attached hydrogen (secondary N) is 1. The van der Waals surface area contributed by atoms with Crippen LogP contribution in [0.2, 0.25) is 0 Å². The Morgan fingerprint density at radius 2 is 1.72 bits per heavy atom. The number of benzene rings is 1. The van der Waals surface area contributed by atoms with Gasteiger partial charge in [-0.25, -0.2) is 0 Å². The zero-order valence-corrected chi connectivity index (χ0v) is 12.0. The molecule has 0 unspecified atom stereocenters. The predicted molar refractivity (Wildman–Crippen MR) is 80.5 cm³/mol. The van der Waals surface area contributed by atoms with Gasteiger partial charge in [-0.15, -0.1) is 0 Å². The van der Waals surface area contributed by atoms with Crippen molar-refractivity contribution in [1.29, 1.82) is 0 Å². The van der Waals surface area contributed by atoms with Crippen LogP contribution in [0.4, 0.5) is 11.4 Å². The van der Waals surface area contributed by atoms with Gasteiger partial charge in [0, 0.05) is 31.0 Å². The van der Waals surface area contributed by atoms with Crippen LogP contribution in [0.3, 0.4) is 0 Å². The highest BCUT2D eigenvalue weighted by Gasteiger charge is 2.28. The van der Waals surface area contributed by atoms with Gasteiger partial charge < -0.3 is 10.2 Å². The summed E-state index contributed by atoms with van der Waals surface area (Å²) in [7, 11) is 0. The average Bonchev–Trinajstić information content (AvgIpc) is 2.41. The molecule has 2 nitrogen and oxygen atoms in total. The first kappa shape index (κ1) is 13.3. The van der Waals surface area contributed by atoms with Crippen molar-refractivity contribution in [3.8, 4) is 0 Å². The number of anilines is 2. The van der Waals surface area contributed by atoms with E-state index in [2.05, 4.69) is 55.3 Å². The molecule has 100 valence electrons. The lowest BCUT2D eigenvalue weighted by Crippen LogP contribution is -2.38. The normalized spacial score (nSPS) is 18.7. The molecule has 0 aliphatic carbocycles. The van der Waals surface area contributed by atoms with E-state index >= 15 is 0 Å². The van der Waals surface area contributed by atoms with Gasteiger partial charge in [-0.3, -0.25) is 0 Å². The molecule has 1 aliphatic rings. The molecule has 0 bridgehead atoms. The molecule has 0 amide bonds. The molecular formula is C16H26N2. The summed E-state index contributed by atoms with van der Waals surface area (Å²) in [5.74, 6) is 0. The van der Waals surface area contributed by atoms with Crippen LogP contribution in [-0.2, 0) is 0 Å². The highest BCUT2D eigenvalue weighted by molar-refractivity contribution is 5.55. The van der Waals surface area contributed by atoms with E-state index in [1.807, 2.05) is 0 Å². The predicted octanol–water partition coefficient (Wildman–Crippen LogP) is 4.13. The van der Waals surface area contributed by atoms with Gasteiger partial charge in [-0.1, -0.05) is 20.3 Å². The second kappa shape index (κ2) is 5.64. The largest absolute Gasteiger partial charge is 0.385 e. The Morgan fingerprint density at radius 3 is 2.22 bits per heavy atom. The molecule has 0 spiro atoms. The fraction of sp³-hybridized carbons (Fsp3) is 0.625. The molecule has 1 N–H and O–H groups in total. The summed E-state index contributed by atoms with van der Waals surface area (Å²) in [6, 6.07) is 8.86. The van der Waals surface area contributed by atoms with Gasteiger partial charge in [-0.05, 0) is 49.4 Å². The highest BCUT2D eigenvalue weighted by atomic mass is 15.1. The molecule has 0 atom stereocenters. The van der Waals surface area contributed by atoms with Crippen LogP contribution in [0.15, 0.2) is 24.3 Å². The minimum atomic E-state index is 0.570. The van der Waals surface area contributed by atoms with Crippen molar-refractivity contribution >= 4 is 11.4 Å². The van der Waals surface area contributed by atoms with E-state index in [1.54, 1.807) is 0 Å². The number of piperidine rings is 1. The molecule has 2 heteroatoms. The molecule has 1 aromatic rings. The summed E-state index contributed by atoms with van der Waals surface area (Å²) in [6.45, 7) is 10.3. The Kier molecular flexibility index (Phi) is 4.15. The van der Waals surface area contributed by atoms with Crippen molar-refractivity contribution < 1.29 is 0 Å². The van der Waals surface area contributed by atoms with Crippen molar-refractivity contribution in [3.05, 3.63) is 24.3 Å². The van der Waals surface area contributed by atoms with Gasteiger partial charge >= 0.3 is 0 Å². The maximum absolute atomic E-state index is 3.34. The van der Waals surface area contributed by atoms with Gasteiger partial charge in [0.25, 0.3) is 0 Å². The fourth-order valence-electron chi connectivity index (χ4n) is 2.65. The lowest BCUT2D eigenvalue weighted by molar-refractivity contribution is 0.238. The molecule has 18 heavy (non-hydrogen) atoms. The van der Waals surface area contributed by atoms with Crippen LogP contribution >= 0.6 is 0 Å². The first-order valence-electron chi connectivity index (χ1n) is 7.26. The molecule has 1 aliphatic heterocycles. The van der Waals surface area contributed by atoms with E-state index < -0.39 is 0 Å². The summed E-state index contributed by atoms with van der Waals surface area (Å²) in [4.78, 5) is 2.52. The summed E-state index contributed by atoms with van der Waals surface area (Å²) in [5, 5.41) is 3.34. The van der Waals surface area contributed by atoms with Crippen molar-refractivity contribution in [2.45, 2.75) is 40.0 Å². The third-order valence-corrected chi connectivity index (χ3v) is 4.44. The average molecular weight is 246 g/mol. The first-order chi connectivity index (χ1) is 8.67. The van der Waals surface area contributed by atoms with Gasteiger partial charge in [0.1, 0.15) is 0 Å². The van der Waals surface area contributed by atoms with Crippen molar-refractivity contribution in [1.82, 2.24) is 0 Å². The molecule has 0 saturated carbocycles. The van der Waals surface area contributed by atoms with Crippen LogP contribution < -0.4 is 10.2 Å². The second-order valence-electron chi connectivity index (χ2n) is 5.73. The minimum Gasteiger partial charge on any atom is -0.385 e. The SMILES string of the molecule is CCNc1ccc(N2CCC(C)(CC)CC2)cc1. The highest BCUT2D eigenvalue weighted by Crippen LogP contribution is 2.35. The van der Waals surface area contributed by atoms with Crippen molar-refractivity contribution in [2.24, 2.45) is 5.41 Å². The van der Waals surface area contributed by atoms with Crippen LogP contribution in [0.1, 0.15) is 40.0 Å². The molecule has 0 radical (unpaired) electrons. The number of hydrogen-bond acceptors (Lipinski definition) is 2. The Bertz CT molecular complexity index is 361. The van der Waals surface area contributed by atoms with E-state index in [0.29, 0.717) is 5.41 Å². The van der Waals surface area contributed by atoms with Crippen LogP contribution in [0.5, 0.6) is 0 Å². The molecular weight excluding hydrogens is 220 g/mol. The van der Waals surface area contributed by atoms with E-state index in [0.717, 1.165) is 6.54 Å². The number of rotatable bonds is 4. The molecule has 0 aromatic heterocycles. The molecule has 1 heterocycles. The number of nitrogens with zero attached hydrogens (tertiary/aromatic N) is 1. The van der Waals surface area contributed by atoms with Crippen molar-refractivity contribution in [3.63, 3.8) is 0 Å². The topological polar surface area (TPSA) is 15.3 Å². The van der Waals surface area contributed by atoms with Crippen molar-refractivity contribution in [2.75, 3.05) is 29.9 Å². The Hall–Kier alpha value is -1.18. The zero-order valence-electron chi connectivity index (χ0n) is 12.0. The van der Waals surface area contributed by atoms with Crippen LogP contribution in [0.25, 0.3) is 0 Å². The van der Waals surface area contributed by atoms with Gasteiger partial charge in [0.15, 0.2) is 0 Å². The molecule has 1 aromatic carbocycles. The van der Waals surface area contributed by atoms with E-state index in [-0.39, 0.29) is 0 Å². The lowest BCUT2D eigenvalue weighted by Gasteiger charge is -2.40. The van der Waals surface area contributed by atoms with Gasteiger partial charge in [-0.2, -0.15) is 0 Å². The molecule has 1 saturated heterocycles. The Balaban J connectivity index is 1.97. The minimum absolute atomic E-state index is 0.570. The standard InChI is InChI=1S/C16H26N2/c1-4-16(3)10-12-18(13-11-16)15-8-6-14(7-9-15)17-5-2/h6-9,17H,4-5,10-13H2,1-3H3. The summed E-state index contributed by atoms with van der Waals surface area (Å²) in [6.07, 6.45) is 3.94. The fourth-order valence-corrected chi connectivity index (χ4v) is 2.65. The van der Waals surface area contributed by atoms with Gasteiger partial charge in [0.05, 0.1) is 0 Å². The van der Waals surface area contributed by atoms with E-state index in [1.165, 1.54) is 43.7 Å². The third kappa shape index (κ3) is 2.98. The first-order valence-corrected chi connectivity index (χ1v) is 7.26. The Labute approximate surface area is 111 Å². The Morgan fingerprint density at radius 1 is 1.11 bits per heavy atom. The third-order valence-electron chi connectivity index (χ3n) is 4.44. The second-order valence-corrected chi connectivity index (χ2v) is 5.73. The summed E-state index contributed by atoms with van der Waals surface area (Å²) in [5.41, 5.74) is 3.16. The smallest absolute Gasteiger partial charge is 0.0367 e. The zero-order chi connectivity index (χ0) is 13.0. The van der Waals surface area contributed by atoms with E-state index in [9.17, 15) is 0 Å². The van der Waals surface area contributed by atoms with E-state index in [4.69, 9.17) is 0 Å². The number of hydrogen-bond donors (Lipinski definition) is 1. The maximum Gasteiger partial charge on any atom is 0.0367 e. The van der Waals surface area contributed by atoms with Crippen LogP contribution in [0, 0.1) is 5.41 Å². The monoisotopic (exact) mass is 246 g/mol. The van der Waals surface area contributed by atoms with Gasteiger partial charge in [0.2, 0.25) is 0 Å². The summed E-state index contributed by atoms with van der Waals surface area (Å²) >= 11 is 0. The lowest BCUT2D eigenvalue weighted by atomic mass is 9.78. The molecule has 1 fully saturated rings. The summed E-state index contributed by atoms with van der Waals surface area (Å²) < 4.78 is 0. The van der Waals surface area contributed by atoms with Crippen LogP contribution in [-0.4, -0.2) is 19.6 Å².